The van der Waals surface area contributed by atoms with Gasteiger partial charge in [0.25, 0.3) is 0 Å². The van der Waals surface area contributed by atoms with E-state index < -0.39 is 86.8 Å². The Morgan fingerprint density at radius 3 is 1.41 bits per heavy atom. The van der Waals surface area contributed by atoms with Gasteiger partial charge in [-0.25, -0.2) is 0 Å². The zero-order valence-corrected chi connectivity index (χ0v) is 42.3. The lowest BCUT2D eigenvalue weighted by Crippen LogP contribution is -2.65. The molecule has 0 aromatic carbocycles. The van der Waals surface area contributed by atoms with Crippen molar-refractivity contribution >= 4 is 5.91 Å². The number of hydrogen-bond donors (Lipinski definition) is 9. The number of aliphatic hydroxyl groups excluding tert-OH is 8. The number of unbranched alkanes of at least 4 members (excludes halogenated alkanes) is 25. The smallest absolute Gasteiger partial charge is 0.220 e. The molecule has 2 heterocycles. The number of rotatable bonds is 42. The number of hydrogen-bond acceptors (Lipinski definition) is 13. The number of allylic oxidation sites excluding steroid dienone is 5. The zero-order valence-electron chi connectivity index (χ0n) is 42.3. The molecule has 1 amide bonds. The Morgan fingerprint density at radius 1 is 0.515 bits per heavy atom. The molecule has 14 nitrogen and oxygen atoms in total. The van der Waals surface area contributed by atoms with Gasteiger partial charge < -0.3 is 65.1 Å². The van der Waals surface area contributed by atoms with Gasteiger partial charge in [0, 0.05) is 6.42 Å². The fourth-order valence-electron chi connectivity index (χ4n) is 8.86. The summed E-state index contributed by atoms with van der Waals surface area (Å²) in [6, 6.07) is -0.933. The van der Waals surface area contributed by atoms with Crippen molar-refractivity contribution in [2.24, 2.45) is 0 Å². The summed E-state index contributed by atoms with van der Waals surface area (Å²) in [5, 5.41) is 86.7. The number of carbonyl (C=O) groups excluding carboxylic acids is 1. The standard InChI is InChI=1S/C54H99NO13/c1-3-5-7-9-11-13-15-16-17-18-19-20-21-22-23-24-25-26-28-30-32-34-36-38-46(59)55-42(43(58)37-35-33-31-29-27-14-12-10-8-6-4-2)41-65-53-51(64)49(62)52(45(40-57)67-53)68-54-50(63)48(61)47(60)44(39-56)66-54/h8,10,27,29,35,37,42-45,47-54,56-58,60-64H,3-7,9,11-26,28,30-34,36,38-41H2,1-2H3,(H,55,59)/b10-8+,29-27+,37-35+. The predicted molar refractivity (Wildman–Crippen MR) is 268 cm³/mol. The van der Waals surface area contributed by atoms with Crippen LogP contribution in [0.15, 0.2) is 36.5 Å². The molecule has 0 saturated carbocycles. The maximum absolute atomic E-state index is 13.2. The summed E-state index contributed by atoms with van der Waals surface area (Å²) in [7, 11) is 0. The van der Waals surface area contributed by atoms with Crippen LogP contribution in [0.25, 0.3) is 0 Å². The van der Waals surface area contributed by atoms with Crippen LogP contribution in [0.1, 0.15) is 206 Å². The summed E-state index contributed by atoms with van der Waals surface area (Å²) in [4.78, 5) is 13.2. The average molecular weight is 970 g/mol. The summed E-state index contributed by atoms with van der Waals surface area (Å²) in [5.41, 5.74) is 0. The molecule has 2 aliphatic rings. The fraction of sp³-hybridized carbons (Fsp3) is 0.870. The Bertz CT molecular complexity index is 1280. The van der Waals surface area contributed by atoms with Gasteiger partial charge in [0.15, 0.2) is 12.6 Å². The van der Waals surface area contributed by atoms with E-state index >= 15 is 0 Å². The van der Waals surface area contributed by atoms with Crippen LogP contribution in [-0.2, 0) is 23.7 Å². The normalized spacial score (nSPS) is 26.6. The van der Waals surface area contributed by atoms with E-state index in [0.717, 1.165) is 51.4 Å². The lowest BCUT2D eigenvalue weighted by molar-refractivity contribution is -0.359. The largest absolute Gasteiger partial charge is 0.394 e. The summed E-state index contributed by atoms with van der Waals surface area (Å²) < 4.78 is 22.7. The van der Waals surface area contributed by atoms with Crippen LogP contribution < -0.4 is 5.32 Å². The fourth-order valence-corrected chi connectivity index (χ4v) is 8.86. The molecule has 14 heteroatoms. The molecule has 68 heavy (non-hydrogen) atoms. The molecule has 0 spiro atoms. The van der Waals surface area contributed by atoms with Crippen molar-refractivity contribution in [1.29, 1.82) is 0 Å². The Labute approximate surface area is 411 Å². The van der Waals surface area contributed by atoms with Gasteiger partial charge in [-0.15, -0.1) is 0 Å². The van der Waals surface area contributed by atoms with E-state index in [1.165, 1.54) is 122 Å². The first-order valence-corrected chi connectivity index (χ1v) is 27.2. The topological polar surface area (TPSA) is 228 Å². The molecule has 0 bridgehead atoms. The monoisotopic (exact) mass is 970 g/mol. The Kier molecular flexibility index (Phi) is 37.4. The number of aliphatic hydroxyl groups is 8. The Morgan fingerprint density at radius 2 is 0.941 bits per heavy atom. The second kappa shape index (κ2) is 40.8. The first kappa shape index (κ1) is 62.3. The van der Waals surface area contributed by atoms with Crippen molar-refractivity contribution < 1.29 is 64.6 Å². The Hall–Kier alpha value is -1.79. The Balaban J connectivity index is 1.75. The highest BCUT2D eigenvalue weighted by molar-refractivity contribution is 5.76. The van der Waals surface area contributed by atoms with Gasteiger partial charge in [0.1, 0.15) is 48.8 Å². The molecule has 9 N–H and O–H groups in total. The number of ether oxygens (including phenoxy) is 4. The summed E-state index contributed by atoms with van der Waals surface area (Å²) in [5.74, 6) is -0.253. The van der Waals surface area contributed by atoms with Crippen LogP contribution >= 0.6 is 0 Å². The van der Waals surface area contributed by atoms with Crippen LogP contribution in [0.2, 0.25) is 0 Å². The molecule has 12 atom stereocenters. The third-order valence-corrected chi connectivity index (χ3v) is 13.3. The molecule has 0 radical (unpaired) electrons. The van der Waals surface area contributed by atoms with Gasteiger partial charge in [-0.2, -0.15) is 0 Å². The summed E-state index contributed by atoms with van der Waals surface area (Å²) in [6.45, 7) is 2.69. The van der Waals surface area contributed by atoms with Crippen LogP contribution in [0, 0.1) is 0 Å². The molecular formula is C54H99NO13. The van der Waals surface area contributed by atoms with Gasteiger partial charge >= 0.3 is 0 Å². The van der Waals surface area contributed by atoms with Crippen molar-refractivity contribution in [3.05, 3.63) is 36.5 Å². The quantitative estimate of drug-likeness (QED) is 0.0210. The van der Waals surface area contributed by atoms with E-state index in [0.29, 0.717) is 12.8 Å². The molecule has 2 aliphatic heterocycles. The molecule has 398 valence electrons. The summed E-state index contributed by atoms with van der Waals surface area (Å²) in [6.07, 6.45) is 30.6. The van der Waals surface area contributed by atoms with E-state index in [9.17, 15) is 45.6 Å². The number of carbonyl (C=O) groups is 1. The SMILES string of the molecule is CCC/C=C/CC/C=C/CC/C=C/C(O)C(COC1OC(CO)C(OC2OC(CO)C(O)C(O)C2O)C(O)C1O)NC(=O)CCCCCCCCCCCCCCCCCCCCCCCCC. The van der Waals surface area contributed by atoms with Crippen LogP contribution in [0.4, 0.5) is 0 Å². The van der Waals surface area contributed by atoms with E-state index in [-0.39, 0.29) is 18.9 Å². The zero-order chi connectivity index (χ0) is 49.6. The van der Waals surface area contributed by atoms with Crippen molar-refractivity contribution in [1.82, 2.24) is 5.32 Å². The molecule has 0 aromatic heterocycles. The van der Waals surface area contributed by atoms with E-state index in [4.69, 9.17) is 18.9 Å². The minimum atomic E-state index is -1.79. The maximum Gasteiger partial charge on any atom is 0.220 e. The van der Waals surface area contributed by atoms with Gasteiger partial charge in [0.05, 0.1) is 32.0 Å². The molecule has 2 saturated heterocycles. The highest BCUT2D eigenvalue weighted by Crippen LogP contribution is 2.30. The lowest BCUT2D eigenvalue weighted by Gasteiger charge is -2.46. The van der Waals surface area contributed by atoms with Gasteiger partial charge in [0.2, 0.25) is 5.91 Å². The minimum absolute atomic E-state index is 0.253. The van der Waals surface area contributed by atoms with Crippen LogP contribution in [0.5, 0.6) is 0 Å². The third kappa shape index (κ3) is 27.1. The first-order chi connectivity index (χ1) is 33.1. The van der Waals surface area contributed by atoms with E-state index in [1.54, 1.807) is 6.08 Å². The van der Waals surface area contributed by atoms with E-state index in [2.05, 4.69) is 43.5 Å². The minimum Gasteiger partial charge on any atom is -0.394 e. The highest BCUT2D eigenvalue weighted by atomic mass is 16.7. The van der Waals surface area contributed by atoms with Crippen molar-refractivity contribution in [3.63, 3.8) is 0 Å². The molecule has 0 aliphatic carbocycles. The molecule has 2 rings (SSSR count). The first-order valence-electron chi connectivity index (χ1n) is 27.2. The second-order valence-corrected chi connectivity index (χ2v) is 19.3. The maximum atomic E-state index is 13.2. The molecule has 2 fully saturated rings. The second-order valence-electron chi connectivity index (χ2n) is 19.3. The molecule has 12 unspecified atom stereocenters. The van der Waals surface area contributed by atoms with Crippen molar-refractivity contribution in [2.45, 2.75) is 280 Å². The van der Waals surface area contributed by atoms with Gasteiger partial charge in [-0.3, -0.25) is 4.79 Å². The van der Waals surface area contributed by atoms with Crippen LogP contribution in [-0.4, -0.2) is 140 Å². The molecular weight excluding hydrogens is 871 g/mol. The lowest BCUT2D eigenvalue weighted by atomic mass is 9.97. The van der Waals surface area contributed by atoms with Gasteiger partial charge in [-0.05, 0) is 38.5 Å². The molecule has 0 aromatic rings. The van der Waals surface area contributed by atoms with Crippen molar-refractivity contribution in [3.8, 4) is 0 Å². The number of amides is 1. The van der Waals surface area contributed by atoms with Crippen LogP contribution in [0.3, 0.4) is 0 Å². The predicted octanol–water partition coefficient (Wildman–Crippen LogP) is 7.88. The van der Waals surface area contributed by atoms with Crippen molar-refractivity contribution in [2.75, 3.05) is 19.8 Å². The summed E-state index contributed by atoms with van der Waals surface area (Å²) >= 11 is 0. The van der Waals surface area contributed by atoms with E-state index in [1.807, 2.05) is 6.08 Å². The average Bonchev–Trinajstić information content (AvgIpc) is 3.34. The van der Waals surface area contributed by atoms with Gasteiger partial charge in [-0.1, -0.05) is 198 Å². The highest BCUT2D eigenvalue weighted by Gasteiger charge is 2.51. The number of nitrogens with one attached hydrogen (secondary N) is 1. The third-order valence-electron chi connectivity index (χ3n) is 13.3.